The second kappa shape index (κ2) is 11.9. The van der Waals surface area contributed by atoms with E-state index in [-0.39, 0.29) is 45.3 Å². The second-order valence-corrected chi connectivity index (χ2v) is 12.7. The third-order valence-corrected chi connectivity index (χ3v) is 8.59. The summed E-state index contributed by atoms with van der Waals surface area (Å²) < 4.78 is 35.8. The number of halogens is 3. The first-order chi connectivity index (χ1) is 19.9. The minimum atomic E-state index is -0.881. The van der Waals surface area contributed by atoms with Gasteiger partial charge in [0.25, 0.3) is 0 Å². The Labute approximate surface area is 252 Å². The second-order valence-electron chi connectivity index (χ2n) is 12.0. The fourth-order valence-electron chi connectivity index (χ4n) is 5.44. The first-order valence-electron chi connectivity index (χ1n) is 14.1. The van der Waals surface area contributed by atoms with Crippen molar-refractivity contribution in [2.75, 3.05) is 12.3 Å². The van der Waals surface area contributed by atoms with E-state index in [0.29, 0.717) is 30.5 Å². The van der Waals surface area contributed by atoms with Crippen molar-refractivity contribution in [3.8, 4) is 22.6 Å². The molecule has 3 heterocycles. The van der Waals surface area contributed by atoms with Gasteiger partial charge in [0.2, 0.25) is 5.91 Å². The molecule has 1 fully saturated rings. The van der Waals surface area contributed by atoms with E-state index >= 15 is 0 Å². The number of carbonyl (C=O) groups is 1. The number of nitrogen functional groups attached to an aromatic ring is 1. The molecule has 0 aliphatic carbocycles. The molecule has 1 aliphatic rings. The number of hydrogen-bond acceptors (Lipinski definition) is 6. The number of carbonyl (C=O) groups excluding carboxylic acids is 1. The summed E-state index contributed by atoms with van der Waals surface area (Å²) in [4.78, 5) is 19.7. The van der Waals surface area contributed by atoms with Crippen molar-refractivity contribution in [1.82, 2.24) is 24.9 Å². The van der Waals surface area contributed by atoms with Crippen LogP contribution < -0.4 is 5.73 Å². The summed E-state index contributed by atoms with van der Waals surface area (Å²) in [6, 6.07) is 9.28. The maximum absolute atomic E-state index is 14.3. The van der Waals surface area contributed by atoms with E-state index in [1.54, 1.807) is 17.1 Å². The van der Waals surface area contributed by atoms with Gasteiger partial charge in [0.05, 0.1) is 28.6 Å². The zero-order valence-electron chi connectivity index (χ0n) is 24.2. The molecule has 222 valence electrons. The molecule has 1 saturated heterocycles. The number of likely N-dealkylation sites (tertiary alicyclic amines) is 1. The molecule has 42 heavy (non-hydrogen) atoms. The zero-order chi connectivity index (χ0) is 30.2. The van der Waals surface area contributed by atoms with E-state index in [9.17, 15) is 13.6 Å². The van der Waals surface area contributed by atoms with Gasteiger partial charge in [-0.1, -0.05) is 43.3 Å². The summed E-state index contributed by atoms with van der Waals surface area (Å²) in [6.07, 6.45) is 6.49. The number of aromatic nitrogens is 4. The molecular formula is C31H35BrF2N6O2. The lowest BCUT2D eigenvalue weighted by Crippen LogP contribution is -2.53. The van der Waals surface area contributed by atoms with Gasteiger partial charge in [-0.25, -0.2) is 18.4 Å². The normalized spacial score (nSPS) is 16.8. The Balaban J connectivity index is 1.24. The van der Waals surface area contributed by atoms with Crippen LogP contribution in [-0.4, -0.2) is 42.9 Å². The molecule has 1 unspecified atom stereocenters. The van der Waals surface area contributed by atoms with Crippen molar-refractivity contribution in [2.45, 2.75) is 71.4 Å². The van der Waals surface area contributed by atoms with Crippen LogP contribution in [0, 0.1) is 17.6 Å². The Bertz CT molecular complexity index is 1580. The van der Waals surface area contributed by atoms with Crippen molar-refractivity contribution in [3.05, 3.63) is 70.3 Å². The van der Waals surface area contributed by atoms with Gasteiger partial charge in [-0.2, -0.15) is 0 Å². The number of amides is 1. The standard InChI is InChI=1S/C31H35BrF2N6O2/c1-18(2)13-19-5-7-20(8-6-19)25-15-36-26(42-25)9-10-27(41)39-16-21(11-12-31(39,3)4)40-17-24(37-38-40)22-14-23(33)28(32)29(34)30(22)35/h5-8,14-15,17-18,21H,9-13,16,35H2,1-4H3. The van der Waals surface area contributed by atoms with E-state index < -0.39 is 11.6 Å². The Hall–Kier alpha value is -3.60. The predicted molar refractivity (Wildman–Crippen MR) is 160 cm³/mol. The molecule has 2 aromatic heterocycles. The summed E-state index contributed by atoms with van der Waals surface area (Å²) in [5.74, 6) is 0.119. The Morgan fingerprint density at radius 3 is 2.69 bits per heavy atom. The third-order valence-electron chi connectivity index (χ3n) is 7.86. The van der Waals surface area contributed by atoms with Gasteiger partial charge in [-0.3, -0.25) is 4.79 Å². The molecule has 0 spiro atoms. The summed E-state index contributed by atoms with van der Waals surface area (Å²) >= 11 is 2.86. The number of rotatable bonds is 8. The summed E-state index contributed by atoms with van der Waals surface area (Å²) in [5.41, 5.74) is 7.95. The van der Waals surface area contributed by atoms with Crippen molar-refractivity contribution < 1.29 is 18.0 Å². The van der Waals surface area contributed by atoms with E-state index in [1.807, 2.05) is 30.9 Å². The molecule has 1 amide bonds. The largest absolute Gasteiger partial charge is 0.441 e. The van der Waals surface area contributed by atoms with E-state index in [2.05, 4.69) is 57.2 Å². The van der Waals surface area contributed by atoms with Crippen LogP contribution in [0.1, 0.15) is 64.5 Å². The Morgan fingerprint density at radius 2 is 1.98 bits per heavy atom. The van der Waals surface area contributed by atoms with Gasteiger partial charge < -0.3 is 15.1 Å². The predicted octanol–water partition coefficient (Wildman–Crippen LogP) is 7.00. The molecule has 0 saturated carbocycles. The lowest BCUT2D eigenvalue weighted by Gasteiger charge is -2.45. The van der Waals surface area contributed by atoms with Crippen LogP contribution in [0.4, 0.5) is 14.5 Å². The number of anilines is 1. The Morgan fingerprint density at radius 1 is 1.24 bits per heavy atom. The SMILES string of the molecule is CC(C)Cc1ccc(-c2cnc(CCC(=O)N3CC(n4cc(-c5cc(F)c(Br)c(F)c5N)nn4)CCC3(C)C)o2)cc1. The maximum atomic E-state index is 14.3. The van der Waals surface area contributed by atoms with Crippen LogP contribution in [0.2, 0.25) is 0 Å². The highest BCUT2D eigenvalue weighted by atomic mass is 79.9. The number of oxazole rings is 1. The molecule has 4 aromatic rings. The van der Waals surface area contributed by atoms with Crippen molar-refractivity contribution >= 4 is 27.5 Å². The first kappa shape index (κ1) is 29.9. The van der Waals surface area contributed by atoms with Crippen LogP contribution in [-0.2, 0) is 17.6 Å². The van der Waals surface area contributed by atoms with E-state index in [1.165, 1.54) is 5.56 Å². The van der Waals surface area contributed by atoms with Gasteiger partial charge in [0.15, 0.2) is 17.5 Å². The smallest absolute Gasteiger partial charge is 0.223 e. The number of hydrogen-bond donors (Lipinski definition) is 1. The zero-order valence-corrected chi connectivity index (χ0v) is 25.8. The average Bonchev–Trinajstić information content (AvgIpc) is 3.63. The fraction of sp³-hybridized carbons (Fsp3) is 0.419. The Kier molecular flexibility index (Phi) is 8.50. The monoisotopic (exact) mass is 640 g/mol. The molecule has 1 aliphatic heterocycles. The van der Waals surface area contributed by atoms with Crippen LogP contribution in [0.25, 0.3) is 22.6 Å². The van der Waals surface area contributed by atoms with E-state index in [0.717, 1.165) is 30.9 Å². The lowest BCUT2D eigenvalue weighted by atomic mass is 9.87. The number of aryl methyl sites for hydroxylation is 1. The highest BCUT2D eigenvalue weighted by molar-refractivity contribution is 9.10. The first-order valence-corrected chi connectivity index (χ1v) is 14.9. The van der Waals surface area contributed by atoms with Gasteiger partial charge in [-0.05, 0) is 66.6 Å². The van der Waals surface area contributed by atoms with Gasteiger partial charge in [-0.15, -0.1) is 5.10 Å². The van der Waals surface area contributed by atoms with Gasteiger partial charge in [0.1, 0.15) is 11.5 Å². The van der Waals surface area contributed by atoms with Crippen LogP contribution >= 0.6 is 15.9 Å². The van der Waals surface area contributed by atoms with Gasteiger partial charge in [0, 0.05) is 36.1 Å². The van der Waals surface area contributed by atoms with Gasteiger partial charge >= 0.3 is 0 Å². The maximum Gasteiger partial charge on any atom is 0.223 e. The van der Waals surface area contributed by atoms with E-state index in [4.69, 9.17) is 10.2 Å². The highest BCUT2D eigenvalue weighted by Gasteiger charge is 2.38. The minimum absolute atomic E-state index is 0.0101. The topological polar surface area (TPSA) is 103 Å². The van der Waals surface area contributed by atoms with Crippen LogP contribution in [0.5, 0.6) is 0 Å². The van der Waals surface area contributed by atoms with Crippen molar-refractivity contribution in [3.63, 3.8) is 0 Å². The molecule has 1 atom stereocenters. The quantitative estimate of drug-likeness (QED) is 0.164. The van der Waals surface area contributed by atoms with Crippen LogP contribution in [0.15, 0.2) is 51.6 Å². The highest BCUT2D eigenvalue weighted by Crippen LogP contribution is 2.36. The lowest BCUT2D eigenvalue weighted by molar-refractivity contribution is -0.140. The average molecular weight is 642 g/mol. The van der Waals surface area contributed by atoms with Crippen LogP contribution in [0.3, 0.4) is 0 Å². The molecule has 0 radical (unpaired) electrons. The molecule has 8 nitrogen and oxygen atoms in total. The summed E-state index contributed by atoms with van der Waals surface area (Å²) in [6.45, 7) is 8.92. The fourth-order valence-corrected chi connectivity index (χ4v) is 5.77. The molecule has 2 N–H and O–H groups in total. The molecule has 5 rings (SSSR count). The minimum Gasteiger partial charge on any atom is -0.441 e. The number of benzene rings is 2. The summed E-state index contributed by atoms with van der Waals surface area (Å²) in [5, 5.41) is 8.34. The summed E-state index contributed by atoms with van der Waals surface area (Å²) in [7, 11) is 0. The number of nitrogens with two attached hydrogens (primary N) is 1. The number of nitrogens with zero attached hydrogens (tertiary/aromatic N) is 5. The molecule has 11 heteroatoms. The molecule has 0 bridgehead atoms. The van der Waals surface area contributed by atoms with Crippen molar-refractivity contribution in [2.24, 2.45) is 5.92 Å². The van der Waals surface area contributed by atoms with Crippen molar-refractivity contribution in [1.29, 1.82) is 0 Å². The molecule has 2 aromatic carbocycles. The molecular weight excluding hydrogens is 606 g/mol. The third kappa shape index (κ3) is 6.25. The number of piperidine rings is 1.